The minimum Gasteiger partial charge on any atom is -0.496 e. The van der Waals surface area contributed by atoms with Gasteiger partial charge in [0, 0.05) is 12.6 Å². The molecule has 2 atom stereocenters. The maximum Gasteiger partial charge on any atom is 0.122 e. The first kappa shape index (κ1) is 15.3. The van der Waals surface area contributed by atoms with E-state index in [1.165, 1.54) is 25.2 Å². The standard InChI is InChI=1S/C17H28N2O/c1-13(16-10-18-11-16)12-19(3)14(2)9-15-7-5-6-8-17(15)20-4/h5-8,13-14,16,18H,9-12H2,1-4H3. The zero-order valence-electron chi connectivity index (χ0n) is 13.2. The van der Waals surface area contributed by atoms with Crippen LogP contribution in [0.3, 0.4) is 0 Å². The Morgan fingerprint density at radius 2 is 2.00 bits per heavy atom. The van der Waals surface area contributed by atoms with E-state index in [1.54, 1.807) is 7.11 Å². The number of rotatable bonds is 7. The molecule has 1 saturated heterocycles. The van der Waals surface area contributed by atoms with Crippen LogP contribution in [-0.2, 0) is 6.42 Å². The van der Waals surface area contributed by atoms with E-state index in [9.17, 15) is 0 Å². The lowest BCUT2D eigenvalue weighted by Gasteiger charge is -2.36. The third-order valence-corrected chi connectivity index (χ3v) is 4.65. The van der Waals surface area contributed by atoms with Gasteiger partial charge in [-0.15, -0.1) is 0 Å². The maximum atomic E-state index is 5.45. The Kier molecular flexibility index (Phi) is 5.44. The number of hydrogen-bond acceptors (Lipinski definition) is 3. The lowest BCUT2D eigenvalue weighted by molar-refractivity contribution is 0.158. The van der Waals surface area contributed by atoms with Gasteiger partial charge in [-0.2, -0.15) is 0 Å². The molecule has 1 aliphatic heterocycles. The molecule has 112 valence electrons. The summed E-state index contributed by atoms with van der Waals surface area (Å²) >= 11 is 0. The second kappa shape index (κ2) is 7.09. The highest BCUT2D eigenvalue weighted by Crippen LogP contribution is 2.22. The van der Waals surface area contributed by atoms with Crippen LogP contribution in [-0.4, -0.2) is 44.7 Å². The minimum atomic E-state index is 0.529. The smallest absolute Gasteiger partial charge is 0.122 e. The fraction of sp³-hybridized carbons (Fsp3) is 0.647. The van der Waals surface area contributed by atoms with Gasteiger partial charge in [-0.05, 0) is 56.9 Å². The van der Waals surface area contributed by atoms with Gasteiger partial charge in [0.25, 0.3) is 0 Å². The molecule has 1 aromatic carbocycles. The van der Waals surface area contributed by atoms with Crippen molar-refractivity contribution < 1.29 is 4.74 Å². The number of methoxy groups -OCH3 is 1. The van der Waals surface area contributed by atoms with Gasteiger partial charge >= 0.3 is 0 Å². The van der Waals surface area contributed by atoms with Crippen LogP contribution in [0.1, 0.15) is 19.4 Å². The first-order valence-corrected chi connectivity index (χ1v) is 7.64. The Labute approximate surface area is 123 Å². The first-order valence-electron chi connectivity index (χ1n) is 7.64. The van der Waals surface area contributed by atoms with Crippen molar-refractivity contribution in [2.75, 3.05) is 33.8 Å². The molecular formula is C17H28N2O. The second-order valence-electron chi connectivity index (χ2n) is 6.20. The topological polar surface area (TPSA) is 24.5 Å². The predicted octanol–water partition coefficient (Wildman–Crippen LogP) is 2.41. The summed E-state index contributed by atoms with van der Waals surface area (Å²) in [7, 11) is 3.99. The number of para-hydroxylation sites is 1. The fourth-order valence-electron chi connectivity index (χ4n) is 2.84. The number of nitrogens with zero attached hydrogens (tertiary/aromatic N) is 1. The van der Waals surface area contributed by atoms with E-state index in [4.69, 9.17) is 4.74 Å². The fourth-order valence-corrected chi connectivity index (χ4v) is 2.84. The van der Waals surface area contributed by atoms with Crippen LogP contribution in [0.5, 0.6) is 5.75 Å². The van der Waals surface area contributed by atoms with Crippen molar-refractivity contribution in [2.45, 2.75) is 26.3 Å². The molecule has 1 aromatic rings. The average molecular weight is 276 g/mol. The molecule has 0 amide bonds. The Morgan fingerprint density at radius 3 is 2.60 bits per heavy atom. The lowest BCUT2D eigenvalue weighted by atomic mass is 9.88. The van der Waals surface area contributed by atoms with Crippen molar-refractivity contribution in [1.29, 1.82) is 0 Å². The molecule has 0 saturated carbocycles. The third kappa shape index (κ3) is 3.74. The molecule has 1 aliphatic rings. The molecule has 3 heteroatoms. The summed E-state index contributed by atoms with van der Waals surface area (Å²) < 4.78 is 5.45. The van der Waals surface area contributed by atoms with Gasteiger partial charge in [-0.3, -0.25) is 0 Å². The Bertz CT molecular complexity index is 417. The highest BCUT2D eigenvalue weighted by molar-refractivity contribution is 5.33. The quantitative estimate of drug-likeness (QED) is 0.828. The number of benzene rings is 1. The monoisotopic (exact) mass is 276 g/mol. The van der Waals surface area contributed by atoms with Crippen molar-refractivity contribution in [2.24, 2.45) is 11.8 Å². The van der Waals surface area contributed by atoms with Gasteiger partial charge in [0.2, 0.25) is 0 Å². The van der Waals surface area contributed by atoms with E-state index in [0.717, 1.165) is 24.0 Å². The van der Waals surface area contributed by atoms with Crippen LogP contribution < -0.4 is 10.1 Å². The Hall–Kier alpha value is -1.06. The van der Waals surface area contributed by atoms with E-state index in [0.29, 0.717) is 6.04 Å². The van der Waals surface area contributed by atoms with Crippen molar-refractivity contribution >= 4 is 0 Å². The molecule has 0 spiro atoms. The summed E-state index contributed by atoms with van der Waals surface area (Å²) in [5.74, 6) is 2.63. The van der Waals surface area contributed by atoms with Crippen molar-refractivity contribution in [3.8, 4) is 5.75 Å². The molecule has 20 heavy (non-hydrogen) atoms. The number of ether oxygens (including phenoxy) is 1. The van der Waals surface area contributed by atoms with Crippen LogP contribution in [0, 0.1) is 11.8 Å². The first-order chi connectivity index (χ1) is 9.61. The average Bonchev–Trinajstić information content (AvgIpc) is 2.37. The molecule has 3 nitrogen and oxygen atoms in total. The maximum absolute atomic E-state index is 5.45. The number of likely N-dealkylation sites (N-methyl/N-ethyl adjacent to an activating group) is 1. The van der Waals surface area contributed by atoms with Crippen LogP contribution in [0.25, 0.3) is 0 Å². The Morgan fingerprint density at radius 1 is 1.30 bits per heavy atom. The van der Waals surface area contributed by atoms with Crippen LogP contribution in [0.15, 0.2) is 24.3 Å². The van der Waals surface area contributed by atoms with E-state index >= 15 is 0 Å². The largest absolute Gasteiger partial charge is 0.496 e. The normalized spacial score (nSPS) is 18.6. The minimum absolute atomic E-state index is 0.529. The van der Waals surface area contributed by atoms with Gasteiger partial charge in [-0.25, -0.2) is 0 Å². The molecule has 1 fully saturated rings. The van der Waals surface area contributed by atoms with Gasteiger partial charge in [0.05, 0.1) is 7.11 Å². The summed E-state index contributed by atoms with van der Waals surface area (Å²) in [5.41, 5.74) is 1.30. The third-order valence-electron chi connectivity index (χ3n) is 4.65. The van der Waals surface area contributed by atoms with Gasteiger partial charge in [-0.1, -0.05) is 25.1 Å². The highest BCUT2D eigenvalue weighted by atomic mass is 16.5. The van der Waals surface area contributed by atoms with Crippen LogP contribution in [0.4, 0.5) is 0 Å². The lowest BCUT2D eigenvalue weighted by Crippen LogP contribution is -2.48. The van der Waals surface area contributed by atoms with E-state index in [1.807, 2.05) is 12.1 Å². The molecular weight excluding hydrogens is 248 g/mol. The van der Waals surface area contributed by atoms with Crippen LogP contribution >= 0.6 is 0 Å². The second-order valence-corrected chi connectivity index (χ2v) is 6.20. The Balaban J connectivity index is 1.88. The van der Waals surface area contributed by atoms with Crippen molar-refractivity contribution in [3.63, 3.8) is 0 Å². The zero-order chi connectivity index (χ0) is 14.5. The van der Waals surface area contributed by atoms with Gasteiger partial charge < -0.3 is 15.0 Å². The van der Waals surface area contributed by atoms with Gasteiger partial charge in [0.1, 0.15) is 5.75 Å². The predicted molar refractivity (Wildman–Crippen MR) is 84.3 cm³/mol. The van der Waals surface area contributed by atoms with Crippen molar-refractivity contribution in [3.05, 3.63) is 29.8 Å². The summed E-state index contributed by atoms with van der Waals surface area (Å²) in [6.45, 7) is 8.23. The molecule has 0 bridgehead atoms. The number of nitrogens with one attached hydrogen (secondary N) is 1. The SMILES string of the molecule is COc1ccccc1CC(C)N(C)CC(C)C1CNC1. The summed E-state index contributed by atoms with van der Waals surface area (Å²) in [5, 5.41) is 3.36. The molecule has 1 heterocycles. The van der Waals surface area contributed by atoms with E-state index in [-0.39, 0.29) is 0 Å². The molecule has 0 aliphatic carbocycles. The molecule has 1 N–H and O–H groups in total. The van der Waals surface area contributed by atoms with Gasteiger partial charge in [0.15, 0.2) is 0 Å². The summed E-state index contributed by atoms with van der Waals surface area (Å²) in [4.78, 5) is 2.48. The highest BCUT2D eigenvalue weighted by Gasteiger charge is 2.25. The summed E-state index contributed by atoms with van der Waals surface area (Å²) in [6.07, 6.45) is 1.04. The molecule has 0 aromatic heterocycles. The zero-order valence-corrected chi connectivity index (χ0v) is 13.2. The number of hydrogen-bond donors (Lipinski definition) is 1. The van der Waals surface area contributed by atoms with Crippen LogP contribution in [0.2, 0.25) is 0 Å². The molecule has 2 unspecified atom stereocenters. The molecule has 2 rings (SSSR count). The molecule has 0 radical (unpaired) electrons. The summed E-state index contributed by atoms with van der Waals surface area (Å²) in [6, 6.07) is 8.87. The van der Waals surface area contributed by atoms with Crippen molar-refractivity contribution in [1.82, 2.24) is 10.2 Å². The van der Waals surface area contributed by atoms with E-state index < -0.39 is 0 Å². The van der Waals surface area contributed by atoms with E-state index in [2.05, 4.69) is 43.2 Å².